The molecule has 1 aliphatic heterocycles. The minimum Gasteiger partial charge on any atom is -0.444 e. The Morgan fingerprint density at radius 1 is 1.07 bits per heavy atom. The molecule has 0 aliphatic carbocycles. The minimum atomic E-state index is -0.506. The summed E-state index contributed by atoms with van der Waals surface area (Å²) in [4.78, 5) is 14.1. The van der Waals surface area contributed by atoms with Gasteiger partial charge in [0.2, 0.25) is 0 Å². The van der Waals surface area contributed by atoms with Gasteiger partial charge in [0.05, 0.1) is 24.4 Å². The second kappa shape index (κ2) is 9.06. The van der Waals surface area contributed by atoms with Gasteiger partial charge in [-0.3, -0.25) is 0 Å². The van der Waals surface area contributed by atoms with E-state index in [-0.39, 0.29) is 12.2 Å². The molecule has 1 aromatic rings. The number of benzene rings is 1. The van der Waals surface area contributed by atoms with Crippen LogP contribution >= 0.6 is 0 Å². The van der Waals surface area contributed by atoms with Gasteiger partial charge in [-0.1, -0.05) is 29.7 Å². The van der Waals surface area contributed by atoms with Crippen LogP contribution in [0.4, 0.5) is 4.79 Å². The summed E-state index contributed by atoms with van der Waals surface area (Å²) in [5.74, 6) is 0. The topological polar surface area (TPSA) is 57.2 Å². The van der Waals surface area contributed by atoms with Crippen LogP contribution in [0.5, 0.6) is 0 Å². The SMILES string of the molecule is COC(C)(C)C(C)(C)O[B]c1ccc(C2CN(C(=O)OC(C)(C)C)CCO2)cc1. The number of methoxy groups -OCH3 is 1. The zero-order chi connectivity index (χ0) is 21.9. The monoisotopic (exact) mass is 404 g/mol. The van der Waals surface area contributed by atoms with Gasteiger partial charge in [0.25, 0.3) is 0 Å². The molecule has 29 heavy (non-hydrogen) atoms. The number of rotatable bonds is 6. The van der Waals surface area contributed by atoms with Crippen LogP contribution in [0, 0.1) is 0 Å². The molecule has 2 rings (SSSR count). The molecule has 6 nitrogen and oxygen atoms in total. The highest BCUT2D eigenvalue weighted by molar-refractivity contribution is 6.47. The summed E-state index contributed by atoms with van der Waals surface area (Å²) < 4.78 is 22.9. The second-order valence-electron chi connectivity index (χ2n) is 9.41. The predicted molar refractivity (Wildman–Crippen MR) is 115 cm³/mol. The van der Waals surface area contributed by atoms with Gasteiger partial charge >= 0.3 is 13.6 Å². The van der Waals surface area contributed by atoms with Gasteiger partial charge in [0.1, 0.15) is 11.7 Å². The molecule has 161 valence electrons. The van der Waals surface area contributed by atoms with Crippen molar-refractivity contribution in [1.82, 2.24) is 4.90 Å². The molecule has 7 heteroatoms. The van der Waals surface area contributed by atoms with Crippen LogP contribution in [-0.2, 0) is 18.9 Å². The fraction of sp³-hybridized carbons (Fsp3) is 0.682. The normalized spacial score (nSPS) is 18.5. The van der Waals surface area contributed by atoms with Crippen LogP contribution in [0.1, 0.15) is 60.1 Å². The Bertz CT molecular complexity index is 681. The summed E-state index contributed by atoms with van der Waals surface area (Å²) in [6.07, 6.45) is -0.470. The molecule has 1 aliphatic rings. The molecule has 0 aromatic heterocycles. The first-order chi connectivity index (χ1) is 13.3. The Morgan fingerprint density at radius 3 is 2.24 bits per heavy atom. The average Bonchev–Trinajstić information content (AvgIpc) is 2.65. The summed E-state index contributed by atoms with van der Waals surface area (Å²) in [5, 5.41) is 0. The summed E-state index contributed by atoms with van der Waals surface area (Å²) in [5.41, 5.74) is 0.555. The lowest BCUT2D eigenvalue weighted by Gasteiger charge is -2.40. The van der Waals surface area contributed by atoms with Gasteiger partial charge in [-0.25, -0.2) is 4.79 Å². The fourth-order valence-electron chi connectivity index (χ4n) is 2.74. The van der Waals surface area contributed by atoms with Gasteiger partial charge in [0.15, 0.2) is 0 Å². The quantitative estimate of drug-likeness (QED) is 0.680. The van der Waals surface area contributed by atoms with Crippen molar-refractivity contribution in [3.8, 4) is 0 Å². The van der Waals surface area contributed by atoms with E-state index in [1.807, 2.05) is 72.7 Å². The number of carbonyl (C=O) groups is 1. The van der Waals surface area contributed by atoms with E-state index >= 15 is 0 Å². The van der Waals surface area contributed by atoms with Gasteiger partial charge in [-0.05, 0) is 54.0 Å². The van der Waals surface area contributed by atoms with Gasteiger partial charge in [0, 0.05) is 13.7 Å². The maximum absolute atomic E-state index is 12.3. The van der Waals surface area contributed by atoms with Crippen molar-refractivity contribution < 1.29 is 23.7 Å². The van der Waals surface area contributed by atoms with Crippen LogP contribution in [0.3, 0.4) is 0 Å². The molecular weight excluding hydrogens is 369 g/mol. The molecule has 1 heterocycles. The van der Waals surface area contributed by atoms with Crippen LogP contribution in [0.2, 0.25) is 0 Å². The Hall–Kier alpha value is -1.57. The minimum absolute atomic E-state index is 0.171. The first-order valence-electron chi connectivity index (χ1n) is 10.1. The summed E-state index contributed by atoms with van der Waals surface area (Å²) in [6, 6.07) is 7.99. The average molecular weight is 404 g/mol. The predicted octanol–water partition coefficient (Wildman–Crippen LogP) is 3.46. The zero-order valence-electron chi connectivity index (χ0n) is 19.1. The molecule has 1 unspecified atom stereocenters. The first-order valence-corrected chi connectivity index (χ1v) is 10.1. The van der Waals surface area contributed by atoms with Crippen LogP contribution in [-0.4, -0.2) is 62.1 Å². The Balaban J connectivity index is 1.96. The first kappa shape index (κ1) is 23.7. The fourth-order valence-corrected chi connectivity index (χ4v) is 2.74. The highest BCUT2D eigenvalue weighted by atomic mass is 16.6. The standard InChI is InChI=1S/C22H35BNO5/c1-20(2,3)28-19(25)24-13-14-27-18(15-24)16-9-11-17(12-10-16)23-29-22(6,7)21(4,5)26-8/h9-12,18H,13-15H2,1-8H3. The van der Waals surface area contributed by atoms with Crippen molar-refractivity contribution >= 4 is 19.0 Å². The lowest BCUT2D eigenvalue weighted by Crippen LogP contribution is -2.50. The van der Waals surface area contributed by atoms with E-state index < -0.39 is 16.8 Å². The molecule has 0 N–H and O–H groups in total. The third-order valence-corrected chi connectivity index (χ3v) is 5.48. The molecule has 1 radical (unpaired) electrons. The summed E-state index contributed by atoms with van der Waals surface area (Å²) in [6.45, 7) is 15.1. The molecule has 0 saturated carbocycles. The molecule has 1 aromatic carbocycles. The largest absolute Gasteiger partial charge is 0.444 e. The number of hydrogen-bond acceptors (Lipinski definition) is 5. The maximum Gasteiger partial charge on any atom is 0.410 e. The number of hydrogen-bond donors (Lipinski definition) is 0. The van der Waals surface area contributed by atoms with Gasteiger partial charge in [-0.2, -0.15) is 0 Å². The van der Waals surface area contributed by atoms with Crippen LogP contribution in [0.25, 0.3) is 0 Å². The van der Waals surface area contributed by atoms with E-state index in [1.165, 1.54) is 0 Å². The molecule has 1 saturated heterocycles. The number of ether oxygens (including phenoxy) is 3. The zero-order valence-corrected chi connectivity index (χ0v) is 19.1. The van der Waals surface area contributed by atoms with E-state index in [0.717, 1.165) is 11.0 Å². The molecular formula is C22H35BNO5. The van der Waals surface area contributed by atoms with E-state index in [2.05, 4.69) is 0 Å². The lowest BCUT2D eigenvalue weighted by molar-refractivity contribution is -0.114. The van der Waals surface area contributed by atoms with E-state index in [1.54, 1.807) is 19.5 Å². The lowest BCUT2D eigenvalue weighted by atomic mass is 9.82. The smallest absolute Gasteiger partial charge is 0.410 e. The van der Waals surface area contributed by atoms with Crippen molar-refractivity contribution in [3.63, 3.8) is 0 Å². The highest BCUT2D eigenvalue weighted by Gasteiger charge is 2.38. The number of amides is 1. The second-order valence-corrected chi connectivity index (χ2v) is 9.41. The third-order valence-electron chi connectivity index (χ3n) is 5.48. The summed E-state index contributed by atoms with van der Waals surface area (Å²) >= 11 is 0. The number of nitrogens with zero attached hydrogens (tertiary/aromatic N) is 1. The van der Waals surface area contributed by atoms with Crippen molar-refractivity contribution in [1.29, 1.82) is 0 Å². The molecule has 1 amide bonds. The molecule has 0 spiro atoms. The third kappa shape index (κ3) is 6.46. The van der Waals surface area contributed by atoms with Gasteiger partial charge in [-0.15, -0.1) is 0 Å². The van der Waals surface area contributed by atoms with Crippen LogP contribution < -0.4 is 5.46 Å². The number of morpholine rings is 1. The Morgan fingerprint density at radius 2 is 1.69 bits per heavy atom. The van der Waals surface area contributed by atoms with E-state index in [4.69, 9.17) is 18.9 Å². The van der Waals surface area contributed by atoms with Crippen molar-refractivity contribution in [2.24, 2.45) is 0 Å². The maximum atomic E-state index is 12.3. The Labute approximate surface area is 176 Å². The molecule has 1 fully saturated rings. The molecule has 0 bridgehead atoms. The van der Waals surface area contributed by atoms with Crippen molar-refractivity contribution in [2.75, 3.05) is 26.8 Å². The van der Waals surface area contributed by atoms with Crippen LogP contribution in [0.15, 0.2) is 24.3 Å². The van der Waals surface area contributed by atoms with Gasteiger partial charge < -0.3 is 23.8 Å². The van der Waals surface area contributed by atoms with E-state index in [9.17, 15) is 4.79 Å². The number of carbonyl (C=O) groups excluding carboxylic acids is 1. The molecule has 1 atom stereocenters. The Kier molecular flexibility index (Phi) is 7.41. The highest BCUT2D eigenvalue weighted by Crippen LogP contribution is 2.28. The van der Waals surface area contributed by atoms with Crippen molar-refractivity contribution in [2.45, 2.75) is 71.4 Å². The van der Waals surface area contributed by atoms with E-state index in [0.29, 0.717) is 19.7 Å². The summed E-state index contributed by atoms with van der Waals surface area (Å²) in [7, 11) is 3.43. The van der Waals surface area contributed by atoms with Crippen molar-refractivity contribution in [3.05, 3.63) is 29.8 Å².